The number of carbonyl (C=O) groups is 2. The maximum atomic E-state index is 13.0. The summed E-state index contributed by atoms with van der Waals surface area (Å²) in [5.41, 5.74) is 2.05. The molecule has 0 bridgehead atoms. The summed E-state index contributed by atoms with van der Waals surface area (Å²) in [6, 6.07) is 7.80. The van der Waals surface area contributed by atoms with Crippen LogP contribution in [0.3, 0.4) is 0 Å². The Morgan fingerprint density at radius 3 is 2.46 bits per heavy atom. The fourth-order valence-electron chi connectivity index (χ4n) is 5.05. The van der Waals surface area contributed by atoms with Gasteiger partial charge in [0, 0.05) is 38.3 Å². The lowest BCUT2D eigenvalue weighted by molar-refractivity contribution is -0.139. The number of nitrogens with zero attached hydrogens (tertiary/aromatic N) is 3. The van der Waals surface area contributed by atoms with Crippen LogP contribution >= 0.6 is 0 Å². The van der Waals surface area contributed by atoms with Crippen LogP contribution in [0.1, 0.15) is 35.2 Å². The second-order valence-electron chi connectivity index (χ2n) is 8.73. The van der Waals surface area contributed by atoms with Crippen molar-refractivity contribution in [3.05, 3.63) is 35.4 Å². The number of likely N-dealkylation sites (N-methyl/N-ethyl adjacent to an activating group) is 1. The van der Waals surface area contributed by atoms with Crippen LogP contribution in [0.25, 0.3) is 0 Å². The molecule has 1 spiro atoms. The second-order valence-corrected chi connectivity index (χ2v) is 8.73. The third-order valence-corrected chi connectivity index (χ3v) is 6.73. The van der Waals surface area contributed by atoms with Gasteiger partial charge >= 0.3 is 0 Å². The van der Waals surface area contributed by atoms with Crippen molar-refractivity contribution in [1.82, 2.24) is 14.7 Å². The lowest BCUT2D eigenvalue weighted by atomic mass is 9.76. The van der Waals surface area contributed by atoms with Gasteiger partial charge in [-0.15, -0.1) is 0 Å². The van der Waals surface area contributed by atoms with Crippen molar-refractivity contribution < 1.29 is 14.3 Å². The maximum absolute atomic E-state index is 13.0. The highest BCUT2D eigenvalue weighted by atomic mass is 16.5. The Kier molecular flexibility index (Phi) is 5.43. The van der Waals surface area contributed by atoms with Gasteiger partial charge in [-0.2, -0.15) is 0 Å². The number of benzene rings is 1. The number of aryl methyl sites for hydroxylation is 1. The van der Waals surface area contributed by atoms with Gasteiger partial charge in [0.2, 0.25) is 5.91 Å². The summed E-state index contributed by atoms with van der Waals surface area (Å²) in [4.78, 5) is 32.0. The lowest BCUT2D eigenvalue weighted by Crippen LogP contribution is -2.48. The number of hydrogen-bond acceptors (Lipinski definition) is 4. The minimum atomic E-state index is -0.0304. The maximum Gasteiger partial charge on any atom is 0.253 e. The molecular weight excluding hydrogens is 354 g/mol. The summed E-state index contributed by atoms with van der Waals surface area (Å²) in [5, 5.41) is 0. The largest absolute Gasteiger partial charge is 0.378 e. The molecule has 1 unspecified atom stereocenters. The average Bonchev–Trinajstić information content (AvgIpc) is 3.04. The van der Waals surface area contributed by atoms with E-state index in [-0.39, 0.29) is 23.3 Å². The van der Waals surface area contributed by atoms with E-state index in [1.807, 2.05) is 41.0 Å². The normalized spacial score (nSPS) is 25.3. The topological polar surface area (TPSA) is 53.1 Å². The Balaban J connectivity index is 1.37. The SMILES string of the molecule is Cc1cccc(C(=O)N2CCC3(CC2)CC(C(=O)N2CCOCC2)N(C)C3)c1. The molecule has 6 heteroatoms. The standard InChI is InChI=1S/C22H31N3O3/c1-17-4-3-5-18(14-17)20(26)24-8-6-22(7-9-24)15-19(23(2)16-22)21(27)25-10-12-28-13-11-25/h3-5,14,19H,6-13,15-16H2,1-2H3. The Morgan fingerprint density at radius 2 is 1.79 bits per heavy atom. The monoisotopic (exact) mass is 385 g/mol. The molecular formula is C22H31N3O3. The Morgan fingerprint density at radius 1 is 1.07 bits per heavy atom. The molecule has 2 amide bonds. The van der Waals surface area contributed by atoms with Crippen molar-refractivity contribution >= 4 is 11.8 Å². The highest BCUT2D eigenvalue weighted by molar-refractivity contribution is 5.94. The zero-order valence-corrected chi connectivity index (χ0v) is 17.0. The molecule has 3 aliphatic heterocycles. The van der Waals surface area contributed by atoms with Crippen LogP contribution in [-0.4, -0.2) is 85.5 Å². The van der Waals surface area contributed by atoms with Gasteiger partial charge in [0.15, 0.2) is 0 Å². The zero-order valence-electron chi connectivity index (χ0n) is 17.0. The number of rotatable bonds is 2. The molecule has 0 radical (unpaired) electrons. The highest BCUT2D eigenvalue weighted by Gasteiger charge is 2.48. The number of morpholine rings is 1. The van der Waals surface area contributed by atoms with Crippen LogP contribution < -0.4 is 0 Å². The van der Waals surface area contributed by atoms with Gasteiger partial charge in [-0.05, 0) is 50.8 Å². The van der Waals surface area contributed by atoms with Crippen LogP contribution in [0, 0.1) is 12.3 Å². The molecule has 0 aliphatic carbocycles. The fraction of sp³-hybridized carbons (Fsp3) is 0.636. The van der Waals surface area contributed by atoms with E-state index in [0.717, 1.165) is 50.0 Å². The van der Waals surface area contributed by atoms with E-state index in [9.17, 15) is 9.59 Å². The van der Waals surface area contributed by atoms with Gasteiger partial charge < -0.3 is 14.5 Å². The number of ether oxygens (including phenoxy) is 1. The van der Waals surface area contributed by atoms with E-state index in [0.29, 0.717) is 26.3 Å². The van der Waals surface area contributed by atoms with Crippen molar-refractivity contribution in [2.24, 2.45) is 5.41 Å². The summed E-state index contributed by atoms with van der Waals surface area (Å²) >= 11 is 0. The predicted molar refractivity (Wildman–Crippen MR) is 107 cm³/mol. The molecule has 1 aromatic carbocycles. The van der Waals surface area contributed by atoms with Gasteiger partial charge in [-0.25, -0.2) is 0 Å². The minimum absolute atomic E-state index is 0.0304. The third-order valence-electron chi connectivity index (χ3n) is 6.73. The molecule has 4 rings (SSSR count). The van der Waals surface area contributed by atoms with Crippen molar-refractivity contribution in [2.45, 2.75) is 32.2 Å². The molecule has 3 fully saturated rings. The summed E-state index contributed by atoms with van der Waals surface area (Å²) in [5.74, 6) is 0.381. The number of piperidine rings is 1. The van der Waals surface area contributed by atoms with E-state index >= 15 is 0 Å². The smallest absolute Gasteiger partial charge is 0.253 e. The van der Waals surface area contributed by atoms with Crippen LogP contribution in [0.2, 0.25) is 0 Å². The van der Waals surface area contributed by atoms with E-state index in [4.69, 9.17) is 4.74 Å². The van der Waals surface area contributed by atoms with Crippen LogP contribution in [0.15, 0.2) is 24.3 Å². The van der Waals surface area contributed by atoms with E-state index in [1.165, 1.54) is 0 Å². The van der Waals surface area contributed by atoms with Gasteiger partial charge in [0.25, 0.3) is 5.91 Å². The first-order valence-corrected chi connectivity index (χ1v) is 10.4. The lowest BCUT2D eigenvalue weighted by Gasteiger charge is -2.39. The van der Waals surface area contributed by atoms with Gasteiger partial charge in [0.1, 0.15) is 0 Å². The molecule has 3 saturated heterocycles. The van der Waals surface area contributed by atoms with E-state index in [1.54, 1.807) is 0 Å². The van der Waals surface area contributed by atoms with Crippen LogP contribution in [-0.2, 0) is 9.53 Å². The minimum Gasteiger partial charge on any atom is -0.378 e. The molecule has 0 aromatic heterocycles. The van der Waals surface area contributed by atoms with E-state index in [2.05, 4.69) is 11.9 Å². The molecule has 1 atom stereocenters. The molecule has 6 nitrogen and oxygen atoms in total. The average molecular weight is 386 g/mol. The number of likely N-dealkylation sites (tertiary alicyclic amines) is 2. The second kappa shape index (κ2) is 7.84. The fourth-order valence-corrected chi connectivity index (χ4v) is 5.05. The predicted octanol–water partition coefficient (Wildman–Crippen LogP) is 1.78. The Hall–Kier alpha value is -1.92. The molecule has 0 saturated carbocycles. The van der Waals surface area contributed by atoms with Gasteiger partial charge in [-0.3, -0.25) is 14.5 Å². The van der Waals surface area contributed by atoms with Crippen molar-refractivity contribution in [3.63, 3.8) is 0 Å². The quantitative estimate of drug-likeness (QED) is 0.779. The van der Waals surface area contributed by atoms with Crippen molar-refractivity contribution in [3.8, 4) is 0 Å². The zero-order chi connectivity index (χ0) is 19.7. The van der Waals surface area contributed by atoms with Crippen molar-refractivity contribution in [1.29, 1.82) is 0 Å². The van der Waals surface area contributed by atoms with Crippen molar-refractivity contribution in [2.75, 3.05) is 53.0 Å². The molecule has 152 valence electrons. The number of hydrogen-bond donors (Lipinski definition) is 0. The summed E-state index contributed by atoms with van der Waals surface area (Å²) in [6.07, 6.45) is 2.86. The molecule has 28 heavy (non-hydrogen) atoms. The molecule has 1 aromatic rings. The Labute approximate surface area is 167 Å². The first-order valence-electron chi connectivity index (χ1n) is 10.4. The van der Waals surface area contributed by atoms with Crippen LogP contribution in [0.5, 0.6) is 0 Å². The highest BCUT2D eigenvalue weighted by Crippen LogP contribution is 2.43. The first-order chi connectivity index (χ1) is 13.5. The molecule has 3 aliphatic rings. The van der Waals surface area contributed by atoms with Crippen LogP contribution in [0.4, 0.5) is 0 Å². The first kappa shape index (κ1) is 19.4. The summed E-state index contributed by atoms with van der Waals surface area (Å²) < 4.78 is 5.38. The summed E-state index contributed by atoms with van der Waals surface area (Å²) in [6.45, 7) is 7.21. The Bertz CT molecular complexity index is 736. The van der Waals surface area contributed by atoms with Gasteiger partial charge in [-0.1, -0.05) is 17.7 Å². The molecule has 0 N–H and O–H groups in total. The number of carbonyl (C=O) groups excluding carboxylic acids is 2. The van der Waals surface area contributed by atoms with Gasteiger partial charge in [0.05, 0.1) is 19.3 Å². The number of amides is 2. The van der Waals surface area contributed by atoms with E-state index < -0.39 is 0 Å². The third kappa shape index (κ3) is 3.80. The molecule has 3 heterocycles. The summed E-state index contributed by atoms with van der Waals surface area (Å²) in [7, 11) is 2.07.